The molecule has 2 heterocycles. The summed E-state index contributed by atoms with van der Waals surface area (Å²) in [6, 6.07) is -1.32. The van der Waals surface area contributed by atoms with Crippen molar-refractivity contribution in [2.45, 2.75) is 32.2 Å². The molecule has 0 radical (unpaired) electrons. The molecule has 128 valence electrons. The molecule has 0 aromatic carbocycles. The quantitative estimate of drug-likeness (QED) is 0.481. The van der Waals surface area contributed by atoms with E-state index < -0.39 is 46.2 Å². The van der Waals surface area contributed by atoms with E-state index in [2.05, 4.69) is 5.32 Å². The first-order valence-electron chi connectivity index (χ1n) is 7.42. The maximum Gasteiger partial charge on any atom is 0.334 e. The highest BCUT2D eigenvalue weighted by molar-refractivity contribution is 7.91. The average Bonchev–Trinajstić information content (AvgIpc) is 2.90. The fourth-order valence-corrected chi connectivity index (χ4v) is 4.20. The predicted octanol–water partition coefficient (Wildman–Crippen LogP) is -1.12. The topological polar surface area (TPSA) is 121 Å². The molecule has 0 unspecified atom stereocenters. The van der Waals surface area contributed by atoms with E-state index in [1.165, 1.54) is 0 Å². The van der Waals surface area contributed by atoms with Crippen LogP contribution in [-0.2, 0) is 24.2 Å². The fourth-order valence-electron chi connectivity index (χ4n) is 2.53. The summed E-state index contributed by atoms with van der Waals surface area (Å²) in [5, 5.41) is 2.48. The minimum absolute atomic E-state index is 0.00278. The zero-order valence-electron chi connectivity index (χ0n) is 12.8. The summed E-state index contributed by atoms with van der Waals surface area (Å²) in [5.41, 5.74) is 0. The Morgan fingerprint density at radius 1 is 1.22 bits per heavy atom. The van der Waals surface area contributed by atoms with Crippen LogP contribution < -0.4 is 5.32 Å². The zero-order chi connectivity index (χ0) is 17.2. The Hall–Kier alpha value is -1.97. The van der Waals surface area contributed by atoms with E-state index in [9.17, 15) is 27.6 Å². The van der Waals surface area contributed by atoms with Gasteiger partial charge in [0.15, 0.2) is 9.84 Å². The zero-order valence-corrected chi connectivity index (χ0v) is 13.6. The lowest BCUT2D eigenvalue weighted by molar-refractivity contribution is -0.144. The Labute approximate surface area is 133 Å². The maximum absolute atomic E-state index is 12.0. The van der Waals surface area contributed by atoms with Crippen molar-refractivity contribution in [2.24, 2.45) is 0 Å². The molecule has 2 fully saturated rings. The highest BCUT2D eigenvalue weighted by atomic mass is 32.2. The largest absolute Gasteiger partial charge is 0.351 e. The molecule has 0 spiro atoms. The number of hydrogen-bond acceptors (Lipinski definition) is 6. The molecule has 2 aliphatic heterocycles. The normalized spacial score (nSPS) is 23.7. The lowest BCUT2D eigenvalue weighted by Gasteiger charge is -2.16. The number of imide groups is 2. The highest BCUT2D eigenvalue weighted by Crippen LogP contribution is 2.14. The van der Waals surface area contributed by atoms with Crippen LogP contribution in [0.1, 0.15) is 26.2 Å². The molecular weight excluding hydrogens is 326 g/mol. The summed E-state index contributed by atoms with van der Waals surface area (Å²) in [7, 11) is -3.14. The number of unbranched alkanes of at least 4 members (excludes halogenated alkanes) is 1. The van der Waals surface area contributed by atoms with Crippen LogP contribution in [0.4, 0.5) is 4.79 Å². The number of amides is 5. The summed E-state index contributed by atoms with van der Waals surface area (Å²) in [4.78, 5) is 48.9. The van der Waals surface area contributed by atoms with E-state index in [-0.39, 0.29) is 18.1 Å². The van der Waals surface area contributed by atoms with Gasteiger partial charge >= 0.3 is 17.8 Å². The second-order valence-electron chi connectivity index (χ2n) is 5.65. The number of carbonyl (C=O) groups is 4. The van der Waals surface area contributed by atoms with Gasteiger partial charge in [-0.2, -0.15) is 0 Å². The standard InChI is InChI=1S/C13H19N3O6S/c1-2-3-5-15-11(18)12(19)16(13(15)20)7-10(17)14-9-4-6-23(21,22)8-9/h9H,2-8H2,1H3,(H,14,17)/t9-/m0/s1. The van der Waals surface area contributed by atoms with E-state index in [0.717, 1.165) is 11.3 Å². The van der Waals surface area contributed by atoms with Crippen molar-refractivity contribution in [2.75, 3.05) is 24.6 Å². The first kappa shape index (κ1) is 17.4. The minimum atomic E-state index is -3.14. The van der Waals surface area contributed by atoms with Gasteiger partial charge in [-0.3, -0.25) is 19.3 Å². The number of urea groups is 1. The first-order valence-corrected chi connectivity index (χ1v) is 9.24. The molecule has 2 saturated heterocycles. The van der Waals surface area contributed by atoms with Gasteiger partial charge in [-0.1, -0.05) is 13.3 Å². The van der Waals surface area contributed by atoms with E-state index in [4.69, 9.17) is 0 Å². The van der Waals surface area contributed by atoms with Gasteiger partial charge in [0.05, 0.1) is 11.5 Å². The third-order valence-corrected chi connectivity index (χ3v) is 5.54. The molecule has 2 aliphatic rings. The monoisotopic (exact) mass is 345 g/mol. The molecule has 1 atom stereocenters. The van der Waals surface area contributed by atoms with Crippen molar-refractivity contribution in [1.82, 2.24) is 15.1 Å². The van der Waals surface area contributed by atoms with Crippen LogP contribution in [0, 0.1) is 0 Å². The molecule has 23 heavy (non-hydrogen) atoms. The first-order chi connectivity index (χ1) is 10.7. The van der Waals surface area contributed by atoms with Gasteiger partial charge in [0, 0.05) is 12.6 Å². The van der Waals surface area contributed by atoms with Crippen LogP contribution in [-0.4, -0.2) is 72.6 Å². The minimum Gasteiger partial charge on any atom is -0.351 e. The van der Waals surface area contributed by atoms with Gasteiger partial charge in [-0.25, -0.2) is 18.1 Å². The van der Waals surface area contributed by atoms with Crippen molar-refractivity contribution in [1.29, 1.82) is 0 Å². The van der Waals surface area contributed by atoms with Crippen molar-refractivity contribution < 1.29 is 27.6 Å². The molecule has 5 amide bonds. The Morgan fingerprint density at radius 3 is 2.43 bits per heavy atom. The van der Waals surface area contributed by atoms with Gasteiger partial charge in [-0.05, 0) is 12.8 Å². The van der Waals surface area contributed by atoms with E-state index in [1.807, 2.05) is 6.92 Å². The molecule has 9 nitrogen and oxygen atoms in total. The van der Waals surface area contributed by atoms with Crippen molar-refractivity contribution in [3.05, 3.63) is 0 Å². The second-order valence-corrected chi connectivity index (χ2v) is 7.88. The predicted molar refractivity (Wildman–Crippen MR) is 78.9 cm³/mol. The van der Waals surface area contributed by atoms with Crippen LogP contribution in [0.3, 0.4) is 0 Å². The molecule has 0 aromatic rings. The van der Waals surface area contributed by atoms with Gasteiger partial charge in [0.1, 0.15) is 6.54 Å². The van der Waals surface area contributed by atoms with Crippen LogP contribution >= 0.6 is 0 Å². The van der Waals surface area contributed by atoms with Gasteiger partial charge in [-0.15, -0.1) is 0 Å². The smallest absolute Gasteiger partial charge is 0.334 e. The second kappa shape index (κ2) is 6.65. The number of sulfone groups is 1. The van der Waals surface area contributed by atoms with E-state index in [0.29, 0.717) is 17.7 Å². The van der Waals surface area contributed by atoms with Crippen LogP contribution in [0.2, 0.25) is 0 Å². The lowest BCUT2D eigenvalue weighted by Crippen LogP contribution is -2.45. The average molecular weight is 345 g/mol. The van der Waals surface area contributed by atoms with Crippen LogP contribution in [0.5, 0.6) is 0 Å². The van der Waals surface area contributed by atoms with Crippen molar-refractivity contribution in [3.63, 3.8) is 0 Å². The summed E-state index contributed by atoms with van der Waals surface area (Å²) in [6.07, 6.45) is 1.63. The molecule has 0 aromatic heterocycles. The fraction of sp³-hybridized carbons (Fsp3) is 0.692. The molecule has 0 saturated carbocycles. The molecule has 0 bridgehead atoms. The van der Waals surface area contributed by atoms with E-state index >= 15 is 0 Å². The highest BCUT2D eigenvalue weighted by Gasteiger charge is 2.45. The Bertz CT molecular complexity index is 644. The summed E-state index contributed by atoms with van der Waals surface area (Å²) < 4.78 is 22.7. The van der Waals surface area contributed by atoms with Gasteiger partial charge < -0.3 is 5.32 Å². The van der Waals surface area contributed by atoms with E-state index in [1.54, 1.807) is 0 Å². The SMILES string of the molecule is CCCCN1C(=O)C(=O)N(CC(=O)N[C@H]2CCS(=O)(=O)C2)C1=O. The van der Waals surface area contributed by atoms with Gasteiger partial charge in [0.25, 0.3) is 0 Å². The number of hydrogen-bond donors (Lipinski definition) is 1. The van der Waals surface area contributed by atoms with Crippen LogP contribution in [0.25, 0.3) is 0 Å². The summed E-state index contributed by atoms with van der Waals surface area (Å²) in [5.74, 6) is -2.76. The number of nitrogens with zero attached hydrogens (tertiary/aromatic N) is 2. The van der Waals surface area contributed by atoms with Crippen molar-refractivity contribution >= 4 is 33.6 Å². The molecule has 2 rings (SSSR count). The number of carbonyl (C=O) groups excluding carboxylic acids is 4. The Balaban J connectivity index is 1.94. The third kappa shape index (κ3) is 3.87. The summed E-state index contributed by atoms with van der Waals surface area (Å²) in [6.45, 7) is 1.44. The molecule has 1 N–H and O–H groups in total. The number of nitrogens with one attached hydrogen (secondary N) is 1. The third-order valence-electron chi connectivity index (χ3n) is 3.77. The summed E-state index contributed by atoms with van der Waals surface area (Å²) >= 11 is 0. The van der Waals surface area contributed by atoms with Crippen LogP contribution in [0.15, 0.2) is 0 Å². The van der Waals surface area contributed by atoms with Gasteiger partial charge in [0.2, 0.25) is 5.91 Å². The maximum atomic E-state index is 12.0. The lowest BCUT2D eigenvalue weighted by atomic mass is 10.2. The van der Waals surface area contributed by atoms with Crippen molar-refractivity contribution in [3.8, 4) is 0 Å². The number of rotatable bonds is 6. The molecule has 10 heteroatoms. The molecular formula is C13H19N3O6S. The Morgan fingerprint density at radius 2 is 1.87 bits per heavy atom. The molecule has 0 aliphatic carbocycles. The Kier molecular flexibility index (Phi) is 5.03.